The van der Waals surface area contributed by atoms with E-state index in [1.807, 2.05) is 12.4 Å². The molecule has 0 saturated carbocycles. The number of β-amino-alcohol motifs (C(OH)–C–C–N with tert-alkyl or cyclic N) is 1. The van der Waals surface area contributed by atoms with Gasteiger partial charge in [-0.3, -0.25) is 4.98 Å². The first-order valence-corrected chi connectivity index (χ1v) is 5.55. The second-order valence-electron chi connectivity index (χ2n) is 4.52. The Bertz CT molecular complexity index is 338. The van der Waals surface area contributed by atoms with Gasteiger partial charge in [-0.05, 0) is 24.0 Å². The number of pyridine rings is 1. The molecule has 1 aliphatic heterocycles. The summed E-state index contributed by atoms with van der Waals surface area (Å²) in [6.07, 6.45) is 4.49. The zero-order valence-corrected chi connectivity index (χ0v) is 9.35. The van der Waals surface area contributed by atoms with E-state index in [-0.39, 0.29) is 6.10 Å². The zero-order chi connectivity index (χ0) is 10.8. The number of aliphatic hydroxyl groups excluding tert-OH is 1. The Morgan fingerprint density at radius 3 is 2.87 bits per heavy atom. The van der Waals surface area contributed by atoms with Crippen LogP contribution in [0.4, 0.5) is 5.69 Å². The van der Waals surface area contributed by atoms with Gasteiger partial charge in [-0.15, -0.1) is 0 Å². The van der Waals surface area contributed by atoms with Crippen LogP contribution in [0.5, 0.6) is 0 Å². The molecule has 2 rings (SSSR count). The normalized spacial score (nSPS) is 21.3. The fourth-order valence-electron chi connectivity index (χ4n) is 1.91. The maximum absolute atomic E-state index is 9.48. The lowest BCUT2D eigenvalue weighted by Gasteiger charge is -2.18. The van der Waals surface area contributed by atoms with Crippen LogP contribution in [0, 0.1) is 0 Å². The molecule has 1 aliphatic rings. The van der Waals surface area contributed by atoms with Crippen molar-refractivity contribution in [2.45, 2.75) is 32.3 Å². The summed E-state index contributed by atoms with van der Waals surface area (Å²) in [7, 11) is 0. The minimum Gasteiger partial charge on any atom is -0.391 e. The van der Waals surface area contributed by atoms with Crippen molar-refractivity contribution in [2.24, 2.45) is 0 Å². The summed E-state index contributed by atoms with van der Waals surface area (Å²) >= 11 is 0. The highest BCUT2D eigenvalue weighted by molar-refractivity contribution is 5.47. The van der Waals surface area contributed by atoms with Gasteiger partial charge in [0.05, 0.1) is 18.0 Å². The zero-order valence-electron chi connectivity index (χ0n) is 9.35. The van der Waals surface area contributed by atoms with Crippen LogP contribution in [0.15, 0.2) is 18.5 Å². The first-order valence-electron chi connectivity index (χ1n) is 5.55. The van der Waals surface area contributed by atoms with Gasteiger partial charge < -0.3 is 10.0 Å². The van der Waals surface area contributed by atoms with Gasteiger partial charge in [0, 0.05) is 19.3 Å². The van der Waals surface area contributed by atoms with Gasteiger partial charge in [-0.2, -0.15) is 0 Å². The number of nitrogens with zero attached hydrogens (tertiary/aromatic N) is 2. The third kappa shape index (κ3) is 2.29. The van der Waals surface area contributed by atoms with E-state index in [0.29, 0.717) is 5.92 Å². The Labute approximate surface area is 90.8 Å². The Kier molecular flexibility index (Phi) is 2.91. The fraction of sp³-hybridized carbons (Fsp3) is 0.583. The molecule has 1 N–H and O–H groups in total. The van der Waals surface area contributed by atoms with Gasteiger partial charge in [0.2, 0.25) is 0 Å². The quantitative estimate of drug-likeness (QED) is 0.801. The van der Waals surface area contributed by atoms with Crippen LogP contribution in [0.3, 0.4) is 0 Å². The molecule has 1 aromatic rings. The van der Waals surface area contributed by atoms with Gasteiger partial charge >= 0.3 is 0 Å². The van der Waals surface area contributed by atoms with E-state index in [0.717, 1.165) is 25.2 Å². The van der Waals surface area contributed by atoms with E-state index in [2.05, 4.69) is 29.8 Å². The lowest BCUT2D eigenvalue weighted by Crippen LogP contribution is -2.21. The van der Waals surface area contributed by atoms with E-state index in [4.69, 9.17) is 0 Å². The Morgan fingerprint density at radius 1 is 1.47 bits per heavy atom. The van der Waals surface area contributed by atoms with Crippen LogP contribution in [0.2, 0.25) is 0 Å². The Balaban J connectivity index is 2.18. The molecule has 1 aromatic heterocycles. The monoisotopic (exact) mass is 206 g/mol. The largest absolute Gasteiger partial charge is 0.391 e. The number of hydrogen-bond acceptors (Lipinski definition) is 3. The van der Waals surface area contributed by atoms with Crippen LogP contribution in [-0.2, 0) is 0 Å². The second-order valence-corrected chi connectivity index (χ2v) is 4.52. The molecular formula is C12H18N2O. The summed E-state index contributed by atoms with van der Waals surface area (Å²) in [4.78, 5) is 6.45. The maximum atomic E-state index is 9.48. The molecule has 2 heterocycles. The average Bonchev–Trinajstić information content (AvgIpc) is 2.65. The van der Waals surface area contributed by atoms with E-state index in [1.165, 1.54) is 5.56 Å². The molecule has 0 radical (unpaired) electrons. The highest BCUT2D eigenvalue weighted by atomic mass is 16.3. The summed E-state index contributed by atoms with van der Waals surface area (Å²) in [5, 5.41) is 9.48. The number of anilines is 1. The first kappa shape index (κ1) is 10.4. The maximum Gasteiger partial charge on any atom is 0.0731 e. The topological polar surface area (TPSA) is 36.4 Å². The van der Waals surface area contributed by atoms with E-state index in [9.17, 15) is 5.11 Å². The van der Waals surface area contributed by atoms with Crippen LogP contribution in [0.1, 0.15) is 31.7 Å². The summed E-state index contributed by atoms with van der Waals surface area (Å²) in [6, 6.07) is 2.18. The molecule has 0 aliphatic carbocycles. The van der Waals surface area contributed by atoms with E-state index >= 15 is 0 Å². The van der Waals surface area contributed by atoms with Crippen molar-refractivity contribution < 1.29 is 5.11 Å². The van der Waals surface area contributed by atoms with Gasteiger partial charge in [-0.25, -0.2) is 0 Å². The predicted molar refractivity (Wildman–Crippen MR) is 61.2 cm³/mol. The molecule has 1 fully saturated rings. The van der Waals surface area contributed by atoms with Gasteiger partial charge in [0.25, 0.3) is 0 Å². The van der Waals surface area contributed by atoms with Crippen molar-refractivity contribution in [1.29, 1.82) is 0 Å². The van der Waals surface area contributed by atoms with Gasteiger partial charge in [0.15, 0.2) is 0 Å². The van der Waals surface area contributed by atoms with Crippen LogP contribution >= 0.6 is 0 Å². The molecule has 0 aromatic carbocycles. The summed E-state index contributed by atoms with van der Waals surface area (Å²) in [6.45, 7) is 6.01. The lowest BCUT2D eigenvalue weighted by atomic mass is 10.1. The number of aliphatic hydroxyl groups is 1. The Hall–Kier alpha value is -1.09. The SMILES string of the molecule is CC(C)c1cncc(N2CCC(O)C2)c1. The highest BCUT2D eigenvalue weighted by Crippen LogP contribution is 2.23. The number of rotatable bonds is 2. The molecular weight excluding hydrogens is 188 g/mol. The molecule has 3 heteroatoms. The molecule has 15 heavy (non-hydrogen) atoms. The molecule has 1 saturated heterocycles. The third-order valence-electron chi connectivity index (χ3n) is 2.94. The smallest absolute Gasteiger partial charge is 0.0731 e. The molecule has 3 nitrogen and oxygen atoms in total. The van der Waals surface area contributed by atoms with Crippen molar-refractivity contribution >= 4 is 5.69 Å². The van der Waals surface area contributed by atoms with Crippen molar-refractivity contribution in [2.75, 3.05) is 18.0 Å². The van der Waals surface area contributed by atoms with Crippen LogP contribution < -0.4 is 4.90 Å². The minimum absolute atomic E-state index is 0.173. The van der Waals surface area contributed by atoms with Gasteiger partial charge in [0.1, 0.15) is 0 Å². The molecule has 1 atom stereocenters. The van der Waals surface area contributed by atoms with Crippen LogP contribution in [0.25, 0.3) is 0 Å². The van der Waals surface area contributed by atoms with Crippen molar-refractivity contribution in [1.82, 2.24) is 4.98 Å². The molecule has 0 amide bonds. The predicted octanol–water partition coefficient (Wildman–Crippen LogP) is 1.78. The minimum atomic E-state index is -0.173. The van der Waals surface area contributed by atoms with E-state index < -0.39 is 0 Å². The van der Waals surface area contributed by atoms with E-state index in [1.54, 1.807) is 0 Å². The summed E-state index contributed by atoms with van der Waals surface area (Å²) < 4.78 is 0. The second kappa shape index (κ2) is 4.19. The summed E-state index contributed by atoms with van der Waals surface area (Å²) in [5.74, 6) is 0.505. The molecule has 0 bridgehead atoms. The molecule has 1 unspecified atom stereocenters. The van der Waals surface area contributed by atoms with Crippen molar-refractivity contribution in [3.8, 4) is 0 Å². The summed E-state index contributed by atoms with van der Waals surface area (Å²) in [5.41, 5.74) is 2.40. The average molecular weight is 206 g/mol. The molecule has 0 spiro atoms. The third-order valence-corrected chi connectivity index (χ3v) is 2.94. The van der Waals surface area contributed by atoms with Crippen molar-refractivity contribution in [3.05, 3.63) is 24.0 Å². The Morgan fingerprint density at radius 2 is 2.27 bits per heavy atom. The lowest BCUT2D eigenvalue weighted by molar-refractivity contribution is 0.198. The molecule has 82 valence electrons. The standard InChI is InChI=1S/C12H18N2O/c1-9(2)10-5-11(7-13-6-10)14-4-3-12(15)8-14/h5-7,9,12,15H,3-4,8H2,1-2H3. The van der Waals surface area contributed by atoms with Gasteiger partial charge in [-0.1, -0.05) is 13.8 Å². The fourth-order valence-corrected chi connectivity index (χ4v) is 1.91. The number of hydrogen-bond donors (Lipinski definition) is 1. The van der Waals surface area contributed by atoms with Crippen LogP contribution in [-0.4, -0.2) is 29.3 Å². The first-order chi connectivity index (χ1) is 7.16. The van der Waals surface area contributed by atoms with Crippen molar-refractivity contribution in [3.63, 3.8) is 0 Å². The number of aromatic nitrogens is 1. The highest BCUT2D eigenvalue weighted by Gasteiger charge is 2.20.